The Balaban J connectivity index is 2.23. The van der Waals surface area contributed by atoms with Crippen molar-refractivity contribution in [3.63, 3.8) is 0 Å². The molecule has 4 atom stereocenters. The second-order valence-corrected chi connectivity index (χ2v) is 4.13. The van der Waals surface area contributed by atoms with Crippen LogP contribution in [0, 0.1) is 0 Å². The van der Waals surface area contributed by atoms with Crippen molar-refractivity contribution in [1.82, 2.24) is 4.98 Å². The molecule has 16 heavy (non-hydrogen) atoms. The van der Waals surface area contributed by atoms with Gasteiger partial charge in [-0.15, -0.1) is 0 Å². The Labute approximate surface area is 97.3 Å². The smallest absolute Gasteiger partial charge is 0.113 e. The van der Waals surface area contributed by atoms with Crippen molar-refractivity contribution in [2.45, 2.75) is 24.4 Å². The average Bonchev–Trinajstić information content (AvgIpc) is 2.56. The first-order valence-corrected chi connectivity index (χ1v) is 5.24. The van der Waals surface area contributed by atoms with Crippen LogP contribution in [-0.4, -0.2) is 45.2 Å². The van der Waals surface area contributed by atoms with Crippen molar-refractivity contribution in [1.29, 1.82) is 0 Å². The van der Waals surface area contributed by atoms with Gasteiger partial charge in [-0.25, -0.2) is 0 Å². The Morgan fingerprint density at radius 3 is 2.62 bits per heavy atom. The number of aliphatic hydroxyl groups is 3. The highest BCUT2D eigenvalue weighted by atomic mass is 35.5. The quantitative estimate of drug-likeness (QED) is 0.677. The third kappa shape index (κ3) is 2.05. The maximum absolute atomic E-state index is 9.75. The maximum Gasteiger partial charge on any atom is 0.113 e. The molecule has 1 aliphatic rings. The molecule has 1 aromatic rings. The molecule has 6 heteroatoms. The Kier molecular flexibility index (Phi) is 3.41. The summed E-state index contributed by atoms with van der Waals surface area (Å²) in [5.41, 5.74) is 0.579. The van der Waals surface area contributed by atoms with Crippen molar-refractivity contribution >= 4 is 11.6 Å². The molecule has 1 saturated heterocycles. The number of hydrogen-bond donors (Lipinski definition) is 3. The van der Waals surface area contributed by atoms with Gasteiger partial charge in [0.2, 0.25) is 0 Å². The van der Waals surface area contributed by atoms with E-state index < -0.39 is 24.4 Å². The van der Waals surface area contributed by atoms with Crippen LogP contribution in [0.2, 0.25) is 5.02 Å². The van der Waals surface area contributed by atoms with Crippen LogP contribution in [0.1, 0.15) is 11.7 Å². The van der Waals surface area contributed by atoms with Gasteiger partial charge in [-0.3, -0.25) is 4.98 Å². The lowest BCUT2D eigenvalue weighted by atomic mass is 10.0. The van der Waals surface area contributed by atoms with Crippen molar-refractivity contribution < 1.29 is 20.1 Å². The van der Waals surface area contributed by atoms with Gasteiger partial charge >= 0.3 is 0 Å². The molecule has 0 unspecified atom stereocenters. The summed E-state index contributed by atoms with van der Waals surface area (Å²) in [6.07, 6.45) is -0.706. The molecule has 1 aromatic heterocycles. The van der Waals surface area contributed by atoms with Crippen LogP contribution in [0.15, 0.2) is 18.5 Å². The average molecular weight is 246 g/mol. The van der Waals surface area contributed by atoms with Gasteiger partial charge < -0.3 is 20.1 Å². The first-order valence-electron chi connectivity index (χ1n) is 4.86. The molecule has 2 rings (SSSR count). The highest BCUT2D eigenvalue weighted by molar-refractivity contribution is 6.30. The van der Waals surface area contributed by atoms with Crippen molar-refractivity contribution in [3.05, 3.63) is 29.0 Å². The Morgan fingerprint density at radius 2 is 2.06 bits per heavy atom. The largest absolute Gasteiger partial charge is 0.394 e. The minimum Gasteiger partial charge on any atom is -0.394 e. The second-order valence-electron chi connectivity index (χ2n) is 3.70. The van der Waals surface area contributed by atoms with Gasteiger partial charge in [-0.05, 0) is 6.07 Å². The molecule has 0 spiro atoms. The third-order valence-electron chi connectivity index (χ3n) is 2.60. The van der Waals surface area contributed by atoms with Gasteiger partial charge in [-0.2, -0.15) is 0 Å². The van der Waals surface area contributed by atoms with Crippen molar-refractivity contribution in [2.75, 3.05) is 6.61 Å². The van der Waals surface area contributed by atoms with Crippen molar-refractivity contribution in [3.8, 4) is 0 Å². The summed E-state index contributed by atoms with van der Waals surface area (Å²) in [5, 5.41) is 28.7. The summed E-state index contributed by atoms with van der Waals surface area (Å²) in [6.45, 7) is -0.345. The van der Waals surface area contributed by atoms with Crippen LogP contribution in [0.3, 0.4) is 0 Å². The zero-order chi connectivity index (χ0) is 11.7. The number of ether oxygens (including phenoxy) is 1. The van der Waals surface area contributed by atoms with Gasteiger partial charge in [0.1, 0.15) is 24.4 Å². The first kappa shape index (κ1) is 11.8. The number of aromatic nitrogens is 1. The number of hydrogen-bond acceptors (Lipinski definition) is 5. The molecule has 0 amide bonds. The molecular formula is C10H12ClNO4. The molecule has 88 valence electrons. The van der Waals surface area contributed by atoms with Crippen molar-refractivity contribution in [2.24, 2.45) is 0 Å². The van der Waals surface area contributed by atoms with Crippen LogP contribution >= 0.6 is 11.6 Å². The van der Waals surface area contributed by atoms with Gasteiger partial charge in [0.05, 0.1) is 11.6 Å². The molecule has 2 heterocycles. The summed E-state index contributed by atoms with van der Waals surface area (Å²) in [4.78, 5) is 3.87. The molecule has 3 N–H and O–H groups in total. The lowest BCUT2D eigenvalue weighted by molar-refractivity contribution is -0.0228. The molecule has 0 bridgehead atoms. The summed E-state index contributed by atoms with van der Waals surface area (Å²) in [7, 11) is 0. The lowest BCUT2D eigenvalue weighted by Gasteiger charge is -2.14. The highest BCUT2D eigenvalue weighted by Gasteiger charge is 2.43. The minimum absolute atomic E-state index is 0.345. The number of aliphatic hydroxyl groups excluding tert-OH is 3. The topological polar surface area (TPSA) is 82.8 Å². The van der Waals surface area contributed by atoms with E-state index in [1.54, 1.807) is 6.07 Å². The molecule has 1 fully saturated rings. The van der Waals surface area contributed by atoms with Crippen LogP contribution in [0.4, 0.5) is 0 Å². The maximum atomic E-state index is 9.75. The van der Waals surface area contributed by atoms with E-state index in [2.05, 4.69) is 4.98 Å². The Bertz CT molecular complexity index is 376. The molecular weight excluding hydrogens is 234 g/mol. The number of nitrogens with zero attached hydrogens (tertiary/aromatic N) is 1. The van der Waals surface area contributed by atoms with E-state index >= 15 is 0 Å². The van der Waals surface area contributed by atoms with E-state index in [1.807, 2.05) is 0 Å². The van der Waals surface area contributed by atoms with E-state index in [9.17, 15) is 10.2 Å². The van der Waals surface area contributed by atoms with Gasteiger partial charge in [0.15, 0.2) is 0 Å². The number of rotatable bonds is 2. The summed E-state index contributed by atoms with van der Waals surface area (Å²) >= 11 is 5.77. The predicted octanol–water partition coefficient (Wildman–Crippen LogP) is -0.111. The van der Waals surface area contributed by atoms with Crippen LogP contribution < -0.4 is 0 Å². The van der Waals surface area contributed by atoms with E-state index in [0.717, 1.165) is 0 Å². The molecule has 1 aliphatic heterocycles. The van der Waals surface area contributed by atoms with E-state index in [0.29, 0.717) is 10.6 Å². The molecule has 0 aliphatic carbocycles. The third-order valence-corrected chi connectivity index (χ3v) is 2.80. The van der Waals surface area contributed by atoms with Gasteiger partial charge in [-0.1, -0.05) is 11.6 Å². The predicted molar refractivity (Wildman–Crippen MR) is 56.0 cm³/mol. The highest BCUT2D eigenvalue weighted by Crippen LogP contribution is 2.33. The number of pyridine rings is 1. The van der Waals surface area contributed by atoms with E-state index in [4.69, 9.17) is 21.4 Å². The Morgan fingerprint density at radius 1 is 1.31 bits per heavy atom. The fourth-order valence-electron chi connectivity index (χ4n) is 1.76. The van der Waals surface area contributed by atoms with Crippen LogP contribution in [0.5, 0.6) is 0 Å². The molecule has 0 aromatic carbocycles. The minimum atomic E-state index is -1.10. The Hall–Kier alpha value is -0.720. The monoisotopic (exact) mass is 245 g/mol. The second kappa shape index (κ2) is 4.65. The summed E-state index contributed by atoms with van der Waals surface area (Å²) in [5.74, 6) is 0. The molecule has 5 nitrogen and oxygen atoms in total. The molecule has 0 saturated carbocycles. The lowest BCUT2D eigenvalue weighted by Crippen LogP contribution is -2.32. The number of halogens is 1. The van der Waals surface area contributed by atoms with Gasteiger partial charge in [0.25, 0.3) is 0 Å². The summed E-state index contributed by atoms with van der Waals surface area (Å²) < 4.78 is 5.33. The van der Waals surface area contributed by atoms with E-state index in [1.165, 1.54) is 12.4 Å². The fourth-order valence-corrected chi connectivity index (χ4v) is 1.94. The van der Waals surface area contributed by atoms with E-state index in [-0.39, 0.29) is 6.61 Å². The standard InChI is InChI=1S/C10H12ClNO4/c11-6-1-5(2-12-3-6)10-9(15)8(14)7(4-13)16-10/h1-3,7-10,13-15H,4H2/t7-,8-,9-,10-/m1/s1. The van der Waals surface area contributed by atoms with Gasteiger partial charge in [0, 0.05) is 18.0 Å². The van der Waals surface area contributed by atoms with Crippen LogP contribution in [0.25, 0.3) is 0 Å². The zero-order valence-electron chi connectivity index (χ0n) is 8.32. The van der Waals surface area contributed by atoms with Crippen LogP contribution in [-0.2, 0) is 4.74 Å². The first-order chi connectivity index (χ1) is 7.63. The molecule has 0 radical (unpaired) electrons. The SMILES string of the molecule is OC[C@H]1O[C@H](c2cncc(Cl)c2)[C@H](O)[C@@H]1O. The fraction of sp³-hybridized carbons (Fsp3) is 0.500. The normalized spacial score (nSPS) is 34.2. The summed E-state index contributed by atoms with van der Waals surface area (Å²) in [6, 6.07) is 1.61. The zero-order valence-corrected chi connectivity index (χ0v) is 9.08.